The van der Waals surface area contributed by atoms with E-state index in [2.05, 4.69) is 10.3 Å². The first-order valence-corrected chi connectivity index (χ1v) is 8.93. The van der Waals surface area contributed by atoms with Crippen LogP contribution in [0, 0.1) is 5.92 Å². The fourth-order valence-electron chi connectivity index (χ4n) is 3.79. The lowest BCUT2D eigenvalue weighted by atomic mass is 9.94. The van der Waals surface area contributed by atoms with Crippen molar-refractivity contribution in [2.45, 2.75) is 25.8 Å². The SMILES string of the molecule is COc1ccc2ncc3ccc(=O)n(CCC4CCNCC4)c3c2c1. The molecule has 0 saturated carbocycles. The number of pyridine rings is 2. The van der Waals surface area contributed by atoms with Crippen molar-refractivity contribution in [1.29, 1.82) is 0 Å². The number of ether oxygens (including phenoxy) is 1. The van der Waals surface area contributed by atoms with E-state index in [4.69, 9.17) is 4.74 Å². The predicted octanol–water partition coefficient (Wildman–Crippen LogP) is 2.95. The number of benzene rings is 1. The van der Waals surface area contributed by atoms with E-state index in [0.29, 0.717) is 5.92 Å². The highest BCUT2D eigenvalue weighted by atomic mass is 16.5. The summed E-state index contributed by atoms with van der Waals surface area (Å²) in [5, 5.41) is 5.36. The van der Waals surface area contributed by atoms with Crippen molar-refractivity contribution in [3.05, 3.63) is 46.9 Å². The molecule has 1 aromatic carbocycles. The van der Waals surface area contributed by atoms with Crippen LogP contribution in [-0.2, 0) is 6.54 Å². The molecule has 0 unspecified atom stereocenters. The molecule has 0 atom stereocenters. The third kappa shape index (κ3) is 3.12. The van der Waals surface area contributed by atoms with Gasteiger partial charge in [0, 0.05) is 29.6 Å². The molecule has 1 aliphatic rings. The Morgan fingerprint density at radius 2 is 2.08 bits per heavy atom. The van der Waals surface area contributed by atoms with Crippen LogP contribution < -0.4 is 15.6 Å². The molecular weight excluding hydrogens is 314 g/mol. The average molecular weight is 337 g/mol. The van der Waals surface area contributed by atoms with Gasteiger partial charge in [0.15, 0.2) is 0 Å². The van der Waals surface area contributed by atoms with Crippen LogP contribution in [0.15, 0.2) is 41.3 Å². The van der Waals surface area contributed by atoms with E-state index >= 15 is 0 Å². The maximum absolute atomic E-state index is 12.6. The molecule has 5 nitrogen and oxygen atoms in total. The van der Waals surface area contributed by atoms with Gasteiger partial charge in [-0.15, -0.1) is 0 Å². The van der Waals surface area contributed by atoms with Crippen molar-refractivity contribution in [1.82, 2.24) is 14.9 Å². The van der Waals surface area contributed by atoms with Crippen LogP contribution in [-0.4, -0.2) is 29.8 Å². The first kappa shape index (κ1) is 16.1. The minimum Gasteiger partial charge on any atom is -0.497 e. The molecule has 1 fully saturated rings. The summed E-state index contributed by atoms with van der Waals surface area (Å²) in [7, 11) is 1.66. The van der Waals surface area contributed by atoms with Crippen molar-refractivity contribution in [2.24, 2.45) is 5.92 Å². The van der Waals surface area contributed by atoms with Crippen LogP contribution in [0.25, 0.3) is 21.8 Å². The molecular formula is C20H23N3O2. The lowest BCUT2D eigenvalue weighted by molar-refractivity contribution is 0.338. The number of methoxy groups -OCH3 is 1. The maximum atomic E-state index is 12.6. The van der Waals surface area contributed by atoms with Gasteiger partial charge in [0.05, 0.1) is 18.1 Å². The largest absolute Gasteiger partial charge is 0.497 e. The van der Waals surface area contributed by atoms with E-state index < -0.39 is 0 Å². The van der Waals surface area contributed by atoms with Crippen LogP contribution in [0.2, 0.25) is 0 Å². The van der Waals surface area contributed by atoms with Gasteiger partial charge < -0.3 is 14.6 Å². The molecule has 0 radical (unpaired) electrons. The van der Waals surface area contributed by atoms with Crippen LogP contribution in [0.1, 0.15) is 19.3 Å². The summed E-state index contributed by atoms with van der Waals surface area (Å²) in [6, 6.07) is 9.35. The van der Waals surface area contributed by atoms with Crippen molar-refractivity contribution in [2.75, 3.05) is 20.2 Å². The second-order valence-electron chi connectivity index (χ2n) is 6.75. The molecule has 4 rings (SSSR count). The van der Waals surface area contributed by atoms with Gasteiger partial charge in [0.2, 0.25) is 0 Å². The molecule has 2 aromatic heterocycles. The number of nitrogens with one attached hydrogen (secondary N) is 1. The van der Waals surface area contributed by atoms with E-state index in [1.807, 2.05) is 35.0 Å². The number of piperidine rings is 1. The van der Waals surface area contributed by atoms with Gasteiger partial charge >= 0.3 is 0 Å². The lowest BCUT2D eigenvalue weighted by Crippen LogP contribution is -2.29. The zero-order valence-corrected chi connectivity index (χ0v) is 14.5. The van der Waals surface area contributed by atoms with Gasteiger partial charge in [-0.05, 0) is 62.5 Å². The number of rotatable bonds is 4. The fourth-order valence-corrected chi connectivity index (χ4v) is 3.79. The first-order valence-electron chi connectivity index (χ1n) is 8.93. The lowest BCUT2D eigenvalue weighted by Gasteiger charge is -2.23. The molecule has 0 aliphatic carbocycles. The van der Waals surface area contributed by atoms with Crippen molar-refractivity contribution in [3.63, 3.8) is 0 Å². The molecule has 0 bridgehead atoms. The van der Waals surface area contributed by atoms with Crippen molar-refractivity contribution >= 4 is 21.8 Å². The molecule has 1 saturated heterocycles. The molecule has 0 amide bonds. The van der Waals surface area contributed by atoms with E-state index in [9.17, 15) is 4.79 Å². The van der Waals surface area contributed by atoms with Gasteiger partial charge in [0.1, 0.15) is 5.75 Å². The quantitative estimate of drug-likeness (QED) is 0.744. The molecule has 0 spiro atoms. The smallest absolute Gasteiger partial charge is 0.251 e. The van der Waals surface area contributed by atoms with E-state index in [1.54, 1.807) is 13.2 Å². The molecule has 5 heteroatoms. The Labute approximate surface area is 146 Å². The number of fused-ring (bicyclic) bond motifs is 3. The van der Waals surface area contributed by atoms with Crippen LogP contribution in [0.3, 0.4) is 0 Å². The van der Waals surface area contributed by atoms with Crippen LogP contribution in [0.5, 0.6) is 5.75 Å². The summed E-state index contributed by atoms with van der Waals surface area (Å²) in [6.07, 6.45) is 5.27. The van der Waals surface area contributed by atoms with Gasteiger partial charge in [-0.1, -0.05) is 0 Å². The second-order valence-corrected chi connectivity index (χ2v) is 6.75. The standard InChI is InChI=1S/C20H23N3O2/c1-25-16-3-4-18-17(12-16)20-15(13-22-18)2-5-19(24)23(20)11-8-14-6-9-21-10-7-14/h2-5,12-14,21H,6-11H2,1H3. The third-order valence-corrected chi connectivity index (χ3v) is 5.24. The van der Waals surface area contributed by atoms with Gasteiger partial charge in [-0.3, -0.25) is 9.78 Å². The van der Waals surface area contributed by atoms with E-state index in [0.717, 1.165) is 53.6 Å². The van der Waals surface area contributed by atoms with Gasteiger partial charge in [-0.2, -0.15) is 0 Å². The Morgan fingerprint density at radius 1 is 1.24 bits per heavy atom. The summed E-state index contributed by atoms with van der Waals surface area (Å²) in [6.45, 7) is 2.91. The third-order valence-electron chi connectivity index (χ3n) is 5.24. The Kier molecular flexibility index (Phi) is 4.40. The summed E-state index contributed by atoms with van der Waals surface area (Å²) >= 11 is 0. The number of hydrogen-bond acceptors (Lipinski definition) is 4. The van der Waals surface area contributed by atoms with Gasteiger partial charge in [-0.25, -0.2) is 0 Å². The van der Waals surface area contributed by atoms with E-state index in [1.165, 1.54) is 12.8 Å². The molecule has 1 N–H and O–H groups in total. The Morgan fingerprint density at radius 3 is 2.88 bits per heavy atom. The number of hydrogen-bond donors (Lipinski definition) is 1. The zero-order valence-electron chi connectivity index (χ0n) is 14.5. The highest BCUT2D eigenvalue weighted by Gasteiger charge is 2.15. The molecule has 3 aromatic rings. The van der Waals surface area contributed by atoms with Crippen molar-refractivity contribution in [3.8, 4) is 5.75 Å². The minimum absolute atomic E-state index is 0.0526. The second kappa shape index (κ2) is 6.84. The molecule has 130 valence electrons. The molecule has 25 heavy (non-hydrogen) atoms. The Bertz CT molecular complexity index is 958. The number of aromatic nitrogens is 2. The first-order chi connectivity index (χ1) is 12.3. The summed E-state index contributed by atoms with van der Waals surface area (Å²) in [5.74, 6) is 1.47. The van der Waals surface area contributed by atoms with Crippen molar-refractivity contribution < 1.29 is 4.74 Å². The Balaban J connectivity index is 1.81. The Hall–Kier alpha value is -2.40. The molecule has 3 heterocycles. The van der Waals surface area contributed by atoms with Crippen LogP contribution in [0.4, 0.5) is 0 Å². The number of nitrogens with zero attached hydrogens (tertiary/aromatic N) is 2. The zero-order chi connectivity index (χ0) is 17.2. The monoisotopic (exact) mass is 337 g/mol. The number of aryl methyl sites for hydroxylation is 1. The molecule has 1 aliphatic heterocycles. The summed E-state index contributed by atoms with van der Waals surface area (Å²) < 4.78 is 7.29. The normalized spacial score (nSPS) is 15.7. The van der Waals surface area contributed by atoms with Crippen LogP contribution >= 0.6 is 0 Å². The summed E-state index contributed by atoms with van der Waals surface area (Å²) in [4.78, 5) is 17.1. The fraction of sp³-hybridized carbons (Fsp3) is 0.400. The van der Waals surface area contributed by atoms with Gasteiger partial charge in [0.25, 0.3) is 5.56 Å². The summed E-state index contributed by atoms with van der Waals surface area (Å²) in [5.41, 5.74) is 1.90. The highest BCUT2D eigenvalue weighted by molar-refractivity contribution is 6.03. The predicted molar refractivity (Wildman–Crippen MR) is 100 cm³/mol. The minimum atomic E-state index is 0.0526. The van der Waals surface area contributed by atoms with E-state index in [-0.39, 0.29) is 5.56 Å². The maximum Gasteiger partial charge on any atom is 0.251 e. The highest BCUT2D eigenvalue weighted by Crippen LogP contribution is 2.27. The topological polar surface area (TPSA) is 56.1 Å². The average Bonchev–Trinajstić information content (AvgIpc) is 2.67.